The lowest BCUT2D eigenvalue weighted by Crippen LogP contribution is -2.36. The molecule has 0 aliphatic heterocycles. The van der Waals surface area contributed by atoms with Crippen molar-refractivity contribution in [3.63, 3.8) is 0 Å². The molecule has 0 saturated heterocycles. The summed E-state index contributed by atoms with van der Waals surface area (Å²) in [5.74, 6) is 2.28. The summed E-state index contributed by atoms with van der Waals surface area (Å²) >= 11 is 0. The molecule has 0 radical (unpaired) electrons. The molecule has 3 heterocycles. The normalized spacial score (nSPS) is 11.7. The first-order valence-corrected chi connectivity index (χ1v) is 17.6. The smallest absolute Gasteiger partial charge is 0.137 e. The molecule has 0 bridgehead atoms. The summed E-state index contributed by atoms with van der Waals surface area (Å²) < 4.78 is 23.7. The van der Waals surface area contributed by atoms with Gasteiger partial charge in [0.25, 0.3) is 0 Å². The number of hydrogen-bond acceptors (Lipinski definition) is 4. The number of aromatic amines is 1. The van der Waals surface area contributed by atoms with E-state index in [0.29, 0.717) is 19.4 Å². The molecule has 0 aliphatic carbocycles. The van der Waals surface area contributed by atoms with Crippen LogP contribution in [-0.2, 0) is 31.3 Å². The van der Waals surface area contributed by atoms with E-state index in [1.54, 1.807) is 7.11 Å². The number of aryl methyl sites for hydroxylation is 1. The molecular weight excluding hydrogens is 648 g/mol. The van der Waals surface area contributed by atoms with E-state index in [-0.39, 0.29) is 5.82 Å². The summed E-state index contributed by atoms with van der Waals surface area (Å²) in [4.78, 5) is 8.37. The Kier molecular flexibility index (Phi) is 9.19. The Bertz CT molecular complexity index is 2280. The lowest BCUT2D eigenvalue weighted by atomic mass is 9.77. The number of H-pyrrole nitrogens is 1. The summed E-state index contributed by atoms with van der Waals surface area (Å²) in [6, 6.07) is 44.6. The van der Waals surface area contributed by atoms with Crippen molar-refractivity contribution in [3.8, 4) is 5.75 Å². The summed E-state index contributed by atoms with van der Waals surface area (Å²) in [6.45, 7) is 0.707. The molecule has 7 nitrogen and oxygen atoms in total. The van der Waals surface area contributed by atoms with Crippen LogP contribution in [0.1, 0.15) is 51.6 Å². The maximum absolute atomic E-state index is 13.7. The van der Waals surface area contributed by atoms with Crippen molar-refractivity contribution in [2.75, 3.05) is 7.11 Å². The van der Waals surface area contributed by atoms with E-state index in [1.165, 1.54) is 12.1 Å². The van der Waals surface area contributed by atoms with Crippen LogP contribution in [-0.4, -0.2) is 36.4 Å². The number of imidazole rings is 1. The molecule has 0 atom stereocenters. The van der Waals surface area contributed by atoms with Crippen molar-refractivity contribution in [1.29, 1.82) is 0 Å². The van der Waals surface area contributed by atoms with Crippen LogP contribution < -0.4 is 4.74 Å². The van der Waals surface area contributed by atoms with Crippen LogP contribution in [0.3, 0.4) is 0 Å². The zero-order valence-electron chi connectivity index (χ0n) is 29.0. The number of nitrogens with one attached hydrogen (secondary N) is 1. The first-order chi connectivity index (χ1) is 25.6. The van der Waals surface area contributed by atoms with Crippen LogP contribution in [0.15, 0.2) is 152 Å². The van der Waals surface area contributed by atoms with Gasteiger partial charge in [0.1, 0.15) is 28.8 Å². The Labute approximate surface area is 302 Å². The molecule has 3 aromatic heterocycles. The Morgan fingerprint density at radius 3 is 1.96 bits per heavy atom. The zero-order valence-corrected chi connectivity index (χ0v) is 29.0. The highest BCUT2D eigenvalue weighted by Gasteiger charge is 2.38. The SMILES string of the molecule is COc1ccc2[nH]cc(Cc3nnc(Cc4ccc(F)cc4)n3CCCc3cn(C(c4ccccc4)(c4ccccc4)c4ccccc4)cn3)c2c1. The van der Waals surface area contributed by atoms with E-state index in [9.17, 15) is 4.39 Å². The third kappa shape index (κ3) is 6.39. The fourth-order valence-corrected chi connectivity index (χ4v) is 7.36. The highest BCUT2D eigenvalue weighted by Crippen LogP contribution is 2.41. The van der Waals surface area contributed by atoms with Gasteiger partial charge in [0.2, 0.25) is 0 Å². The van der Waals surface area contributed by atoms with Crippen LogP contribution in [0.4, 0.5) is 4.39 Å². The summed E-state index contributed by atoms with van der Waals surface area (Å²) in [5, 5.41) is 10.4. The Balaban J connectivity index is 1.10. The second kappa shape index (κ2) is 14.5. The first kappa shape index (κ1) is 32.9. The van der Waals surface area contributed by atoms with E-state index in [2.05, 4.69) is 122 Å². The molecular formula is C44H39FN6O. The summed E-state index contributed by atoms with van der Waals surface area (Å²) in [6.07, 6.45) is 8.95. The van der Waals surface area contributed by atoms with Crippen LogP contribution in [0.2, 0.25) is 0 Å². The van der Waals surface area contributed by atoms with E-state index in [1.807, 2.05) is 36.8 Å². The molecule has 8 heteroatoms. The van der Waals surface area contributed by atoms with Crippen molar-refractivity contribution in [2.45, 2.75) is 37.8 Å². The zero-order chi connectivity index (χ0) is 35.3. The van der Waals surface area contributed by atoms with Crippen LogP contribution in [0.5, 0.6) is 5.75 Å². The molecule has 0 amide bonds. The fourth-order valence-electron chi connectivity index (χ4n) is 7.36. The number of fused-ring (bicyclic) bond motifs is 1. The van der Waals surface area contributed by atoms with Crippen LogP contribution in [0, 0.1) is 5.82 Å². The number of halogens is 1. The van der Waals surface area contributed by atoms with Crippen molar-refractivity contribution < 1.29 is 9.13 Å². The van der Waals surface area contributed by atoms with Crippen molar-refractivity contribution >= 4 is 10.9 Å². The summed E-state index contributed by atoms with van der Waals surface area (Å²) in [7, 11) is 1.68. The lowest BCUT2D eigenvalue weighted by Gasteiger charge is -2.37. The van der Waals surface area contributed by atoms with Crippen LogP contribution >= 0.6 is 0 Å². The molecule has 258 valence electrons. The van der Waals surface area contributed by atoms with Gasteiger partial charge in [-0.15, -0.1) is 10.2 Å². The van der Waals surface area contributed by atoms with Crippen molar-refractivity contribution in [2.24, 2.45) is 0 Å². The molecule has 0 saturated carbocycles. The maximum atomic E-state index is 13.7. The molecule has 0 fully saturated rings. The van der Waals surface area contributed by atoms with Gasteiger partial charge in [-0.25, -0.2) is 9.37 Å². The molecule has 0 aliphatic rings. The molecule has 1 N–H and O–H groups in total. The van der Waals surface area contributed by atoms with E-state index in [0.717, 1.165) is 74.7 Å². The third-order valence-electron chi connectivity index (χ3n) is 9.92. The standard InChI is InChI=1S/C44H39FN6O/c1-52-39-23-24-41-40(28-39)33(29-46-41)27-43-49-48-42(26-32-19-21-37(45)22-20-32)51(43)25-11-18-38-30-50(31-47-38)44(34-12-5-2-6-13-34,35-14-7-3-8-15-35)36-16-9-4-10-17-36/h2-10,12-17,19-24,28-31,46H,11,18,25-27H2,1H3. The van der Waals surface area contributed by atoms with E-state index in [4.69, 9.17) is 14.8 Å². The Morgan fingerprint density at radius 1 is 0.731 bits per heavy atom. The van der Waals surface area contributed by atoms with Gasteiger partial charge in [0.15, 0.2) is 0 Å². The molecule has 5 aromatic carbocycles. The van der Waals surface area contributed by atoms with Crippen molar-refractivity contribution in [3.05, 3.63) is 203 Å². The third-order valence-corrected chi connectivity index (χ3v) is 9.92. The minimum absolute atomic E-state index is 0.254. The topological polar surface area (TPSA) is 73.5 Å². The predicted molar refractivity (Wildman–Crippen MR) is 202 cm³/mol. The number of hydrogen-bond donors (Lipinski definition) is 1. The second-order valence-corrected chi connectivity index (χ2v) is 13.1. The van der Waals surface area contributed by atoms with Gasteiger partial charge in [-0.1, -0.05) is 103 Å². The molecule has 52 heavy (non-hydrogen) atoms. The number of benzene rings is 5. The fraction of sp³-hybridized carbons (Fsp3) is 0.159. The number of aromatic nitrogens is 6. The number of methoxy groups -OCH3 is 1. The Morgan fingerprint density at radius 2 is 1.35 bits per heavy atom. The average Bonchev–Trinajstić information content (AvgIpc) is 3.94. The van der Waals surface area contributed by atoms with Gasteiger partial charge < -0.3 is 18.9 Å². The minimum atomic E-state index is -0.610. The quantitative estimate of drug-likeness (QED) is 0.123. The minimum Gasteiger partial charge on any atom is -0.497 e. The molecule has 0 spiro atoms. The van der Waals surface area contributed by atoms with E-state index < -0.39 is 5.54 Å². The predicted octanol–water partition coefficient (Wildman–Crippen LogP) is 8.76. The summed E-state index contributed by atoms with van der Waals surface area (Å²) in [5.41, 5.74) is 7.01. The highest BCUT2D eigenvalue weighted by atomic mass is 19.1. The molecule has 8 aromatic rings. The van der Waals surface area contributed by atoms with Gasteiger partial charge in [-0.3, -0.25) is 0 Å². The van der Waals surface area contributed by atoms with Crippen molar-refractivity contribution in [1.82, 2.24) is 29.3 Å². The van der Waals surface area contributed by atoms with Crippen LogP contribution in [0.25, 0.3) is 10.9 Å². The van der Waals surface area contributed by atoms with Gasteiger partial charge in [-0.2, -0.15) is 0 Å². The van der Waals surface area contributed by atoms with Gasteiger partial charge >= 0.3 is 0 Å². The van der Waals surface area contributed by atoms with Gasteiger partial charge in [0, 0.05) is 42.7 Å². The number of rotatable bonds is 13. The number of nitrogens with zero attached hydrogens (tertiary/aromatic N) is 5. The maximum Gasteiger partial charge on any atom is 0.137 e. The average molecular weight is 687 g/mol. The second-order valence-electron chi connectivity index (χ2n) is 13.1. The van der Waals surface area contributed by atoms with E-state index >= 15 is 0 Å². The van der Waals surface area contributed by atoms with Gasteiger partial charge in [0.05, 0.1) is 19.1 Å². The number of ether oxygens (including phenoxy) is 1. The van der Waals surface area contributed by atoms with Gasteiger partial charge in [-0.05, 0) is 71.0 Å². The Hall–Kier alpha value is -6.28. The highest BCUT2D eigenvalue weighted by molar-refractivity contribution is 5.84. The molecule has 8 rings (SSSR count). The largest absolute Gasteiger partial charge is 0.497 e. The molecule has 0 unspecified atom stereocenters. The monoisotopic (exact) mass is 686 g/mol. The first-order valence-electron chi connectivity index (χ1n) is 17.6. The lowest BCUT2D eigenvalue weighted by molar-refractivity contribution is 0.415.